The predicted molar refractivity (Wildman–Crippen MR) is 143 cm³/mol. The first-order chi connectivity index (χ1) is 16.9. The summed E-state index contributed by atoms with van der Waals surface area (Å²) < 4.78 is 0.910. The quantitative estimate of drug-likeness (QED) is 0.457. The topological polar surface area (TPSA) is 52.7 Å². The van der Waals surface area contributed by atoms with E-state index in [0.717, 1.165) is 17.6 Å². The smallest absolute Gasteiger partial charge is 0.251 e. The van der Waals surface area contributed by atoms with Crippen molar-refractivity contribution in [3.8, 4) is 0 Å². The summed E-state index contributed by atoms with van der Waals surface area (Å²) in [4.78, 5) is 30.6. The minimum absolute atomic E-state index is 0.0127. The number of carbonyl (C=O) groups excluding carboxylic acids is 2. The average Bonchev–Trinajstić information content (AvgIpc) is 2.89. The monoisotopic (exact) mass is 533 g/mol. The molecule has 1 heterocycles. The van der Waals surface area contributed by atoms with Crippen LogP contribution < -0.4 is 5.32 Å². The maximum atomic E-state index is 13.5. The predicted octanol–water partition coefficient (Wildman–Crippen LogP) is 5.14. The third-order valence-electron chi connectivity index (χ3n) is 6.55. The van der Waals surface area contributed by atoms with Gasteiger partial charge in [0.15, 0.2) is 0 Å². The molecule has 1 aliphatic rings. The van der Waals surface area contributed by atoms with E-state index in [4.69, 9.17) is 0 Å². The molecule has 0 radical (unpaired) electrons. The van der Waals surface area contributed by atoms with Crippen molar-refractivity contribution in [1.29, 1.82) is 0 Å². The van der Waals surface area contributed by atoms with E-state index in [-0.39, 0.29) is 23.8 Å². The molecule has 1 saturated heterocycles. The average molecular weight is 534 g/mol. The lowest BCUT2D eigenvalue weighted by molar-refractivity contribution is -0.136. The maximum Gasteiger partial charge on any atom is 0.251 e. The van der Waals surface area contributed by atoms with Crippen molar-refractivity contribution in [2.24, 2.45) is 5.92 Å². The standard InChI is InChI=1S/C29H32BrN3O2/c1-21(2)26(31-28(34)24-13-15-25(30)16-14-24)29(35)33-19-17-32(18-20-33)27(22-9-5-3-6-10-22)23-11-7-4-8-12-23/h3-16,21,26-27H,17-20H2,1-2H3,(H,31,34). The molecule has 1 aliphatic heterocycles. The number of nitrogens with zero attached hydrogens (tertiary/aromatic N) is 2. The highest BCUT2D eigenvalue weighted by molar-refractivity contribution is 9.10. The van der Waals surface area contributed by atoms with Crippen LogP contribution in [-0.4, -0.2) is 53.8 Å². The second kappa shape index (κ2) is 11.6. The molecule has 2 amide bonds. The van der Waals surface area contributed by atoms with Crippen LogP contribution in [0, 0.1) is 5.92 Å². The third-order valence-corrected chi connectivity index (χ3v) is 7.08. The van der Waals surface area contributed by atoms with Gasteiger partial charge in [-0.15, -0.1) is 0 Å². The van der Waals surface area contributed by atoms with Crippen molar-refractivity contribution in [1.82, 2.24) is 15.1 Å². The number of amides is 2. The second-order valence-corrected chi connectivity index (χ2v) is 10.2. The summed E-state index contributed by atoms with van der Waals surface area (Å²) >= 11 is 3.39. The Bertz CT molecular complexity index is 1070. The normalized spacial score (nSPS) is 15.3. The first kappa shape index (κ1) is 25.1. The molecule has 3 aromatic carbocycles. The number of benzene rings is 3. The molecule has 0 spiro atoms. The van der Waals surface area contributed by atoms with Crippen LogP contribution in [-0.2, 0) is 4.79 Å². The van der Waals surface area contributed by atoms with Crippen LogP contribution >= 0.6 is 15.9 Å². The van der Waals surface area contributed by atoms with Gasteiger partial charge in [0.2, 0.25) is 5.91 Å². The van der Waals surface area contributed by atoms with Gasteiger partial charge < -0.3 is 10.2 Å². The molecule has 0 bridgehead atoms. The van der Waals surface area contributed by atoms with Gasteiger partial charge in [-0.1, -0.05) is 90.4 Å². The van der Waals surface area contributed by atoms with E-state index in [0.29, 0.717) is 18.7 Å². The van der Waals surface area contributed by atoms with Crippen molar-refractivity contribution in [2.75, 3.05) is 26.2 Å². The first-order valence-electron chi connectivity index (χ1n) is 12.1. The fraction of sp³-hybridized carbons (Fsp3) is 0.310. The molecule has 4 rings (SSSR count). The first-order valence-corrected chi connectivity index (χ1v) is 12.9. The fourth-order valence-electron chi connectivity index (χ4n) is 4.62. The summed E-state index contributed by atoms with van der Waals surface area (Å²) in [5.41, 5.74) is 3.05. The summed E-state index contributed by atoms with van der Waals surface area (Å²) in [6.07, 6.45) is 0. The summed E-state index contributed by atoms with van der Waals surface area (Å²) in [5, 5.41) is 2.98. The minimum atomic E-state index is -0.559. The van der Waals surface area contributed by atoms with E-state index in [9.17, 15) is 9.59 Å². The van der Waals surface area contributed by atoms with Crippen LogP contribution in [0.5, 0.6) is 0 Å². The van der Waals surface area contributed by atoms with E-state index < -0.39 is 6.04 Å². The van der Waals surface area contributed by atoms with Gasteiger partial charge in [0.1, 0.15) is 6.04 Å². The minimum Gasteiger partial charge on any atom is -0.340 e. The number of nitrogens with one attached hydrogen (secondary N) is 1. The number of piperazine rings is 1. The van der Waals surface area contributed by atoms with Crippen molar-refractivity contribution in [3.63, 3.8) is 0 Å². The fourth-order valence-corrected chi connectivity index (χ4v) is 4.89. The van der Waals surface area contributed by atoms with Gasteiger partial charge in [-0.05, 0) is 41.3 Å². The van der Waals surface area contributed by atoms with E-state index >= 15 is 0 Å². The van der Waals surface area contributed by atoms with E-state index in [1.165, 1.54) is 11.1 Å². The highest BCUT2D eigenvalue weighted by atomic mass is 79.9. The Morgan fingerprint density at radius 2 is 1.29 bits per heavy atom. The molecular weight excluding hydrogens is 502 g/mol. The second-order valence-electron chi connectivity index (χ2n) is 9.29. The number of rotatable bonds is 7. The van der Waals surface area contributed by atoms with Gasteiger partial charge in [0.05, 0.1) is 6.04 Å². The molecule has 1 unspecified atom stereocenters. The van der Waals surface area contributed by atoms with Gasteiger partial charge >= 0.3 is 0 Å². The van der Waals surface area contributed by atoms with Gasteiger partial charge in [-0.25, -0.2) is 0 Å². The number of hydrogen-bond acceptors (Lipinski definition) is 3. The molecule has 35 heavy (non-hydrogen) atoms. The summed E-state index contributed by atoms with van der Waals surface area (Å²) in [6, 6.07) is 27.8. The van der Waals surface area contributed by atoms with Crippen LogP contribution in [0.1, 0.15) is 41.4 Å². The lowest BCUT2D eigenvalue weighted by atomic mass is 9.96. The Kier molecular flexibility index (Phi) is 8.37. The van der Waals surface area contributed by atoms with Gasteiger partial charge in [0, 0.05) is 36.2 Å². The lowest BCUT2D eigenvalue weighted by Gasteiger charge is -2.41. The molecule has 1 N–H and O–H groups in total. The van der Waals surface area contributed by atoms with Crippen molar-refractivity contribution in [2.45, 2.75) is 25.9 Å². The van der Waals surface area contributed by atoms with Gasteiger partial charge in [-0.3, -0.25) is 14.5 Å². The molecule has 1 fully saturated rings. The Labute approximate surface area is 216 Å². The lowest BCUT2D eigenvalue weighted by Crippen LogP contribution is -2.56. The van der Waals surface area contributed by atoms with Crippen molar-refractivity contribution in [3.05, 3.63) is 106 Å². The van der Waals surface area contributed by atoms with Crippen LogP contribution in [0.3, 0.4) is 0 Å². The Balaban J connectivity index is 1.44. The molecule has 182 valence electrons. The molecule has 0 saturated carbocycles. The molecule has 0 aromatic heterocycles. The Morgan fingerprint density at radius 3 is 1.77 bits per heavy atom. The number of halogens is 1. The number of hydrogen-bond donors (Lipinski definition) is 1. The highest BCUT2D eigenvalue weighted by Gasteiger charge is 2.33. The number of carbonyl (C=O) groups is 2. The Hall–Kier alpha value is -2.96. The zero-order valence-corrected chi connectivity index (χ0v) is 21.8. The van der Waals surface area contributed by atoms with Gasteiger partial charge in [0.25, 0.3) is 5.91 Å². The van der Waals surface area contributed by atoms with Crippen molar-refractivity contribution < 1.29 is 9.59 Å². The molecule has 6 heteroatoms. The van der Waals surface area contributed by atoms with Crippen LogP contribution in [0.15, 0.2) is 89.4 Å². The van der Waals surface area contributed by atoms with Crippen LogP contribution in [0.4, 0.5) is 0 Å². The molecule has 5 nitrogen and oxygen atoms in total. The molecule has 1 atom stereocenters. The van der Waals surface area contributed by atoms with Crippen LogP contribution in [0.25, 0.3) is 0 Å². The summed E-state index contributed by atoms with van der Waals surface area (Å²) in [7, 11) is 0. The highest BCUT2D eigenvalue weighted by Crippen LogP contribution is 2.29. The van der Waals surface area contributed by atoms with E-state index in [1.807, 2.05) is 43.0 Å². The third kappa shape index (κ3) is 6.19. The zero-order valence-electron chi connectivity index (χ0n) is 20.2. The van der Waals surface area contributed by atoms with Crippen LogP contribution in [0.2, 0.25) is 0 Å². The molecular formula is C29H32BrN3O2. The largest absolute Gasteiger partial charge is 0.340 e. The van der Waals surface area contributed by atoms with E-state index in [1.54, 1.807) is 12.1 Å². The molecule has 3 aromatic rings. The van der Waals surface area contributed by atoms with Crippen molar-refractivity contribution >= 4 is 27.7 Å². The SMILES string of the molecule is CC(C)C(NC(=O)c1ccc(Br)cc1)C(=O)N1CCN(C(c2ccccc2)c2ccccc2)CC1. The summed E-state index contributed by atoms with van der Waals surface area (Å²) in [6.45, 7) is 6.75. The molecule has 0 aliphatic carbocycles. The van der Waals surface area contributed by atoms with E-state index in [2.05, 4.69) is 74.7 Å². The zero-order chi connectivity index (χ0) is 24.8. The Morgan fingerprint density at radius 1 is 0.771 bits per heavy atom. The maximum absolute atomic E-state index is 13.5. The van der Waals surface area contributed by atoms with Gasteiger partial charge in [-0.2, -0.15) is 0 Å². The summed E-state index contributed by atoms with van der Waals surface area (Å²) in [5.74, 6) is -0.251.